The van der Waals surface area contributed by atoms with Crippen LogP contribution in [0.3, 0.4) is 0 Å². The molecule has 0 spiro atoms. The van der Waals surface area contributed by atoms with Crippen molar-refractivity contribution in [3.05, 3.63) is 41.1 Å². The molecular formula is C15H17NO5. The number of ether oxygens (including phenoxy) is 3. The standard InChI is InChI=1S/C15H17NO5/c1-10-6-4-5-7-12(10)16-9-21-8-11(14(17)19-2)13(16)15(18)20-3/h4-7H,8-9H2,1-3H3. The highest BCUT2D eigenvalue weighted by Crippen LogP contribution is 2.28. The third kappa shape index (κ3) is 2.90. The second-order valence-electron chi connectivity index (χ2n) is 4.50. The molecule has 1 aliphatic heterocycles. The van der Waals surface area contributed by atoms with Gasteiger partial charge in [0, 0.05) is 5.69 Å². The van der Waals surface area contributed by atoms with Crippen LogP contribution < -0.4 is 4.90 Å². The Labute approximate surface area is 122 Å². The van der Waals surface area contributed by atoms with Crippen LogP contribution in [-0.4, -0.2) is 39.5 Å². The number of methoxy groups -OCH3 is 2. The number of esters is 2. The van der Waals surface area contributed by atoms with Crippen molar-refractivity contribution in [3.8, 4) is 0 Å². The Morgan fingerprint density at radius 1 is 1.14 bits per heavy atom. The average Bonchev–Trinajstić information content (AvgIpc) is 2.53. The number of hydrogen-bond acceptors (Lipinski definition) is 6. The molecule has 0 atom stereocenters. The van der Waals surface area contributed by atoms with Crippen molar-refractivity contribution in [1.82, 2.24) is 0 Å². The largest absolute Gasteiger partial charge is 0.466 e. The van der Waals surface area contributed by atoms with Crippen molar-refractivity contribution in [2.75, 3.05) is 32.5 Å². The van der Waals surface area contributed by atoms with Gasteiger partial charge in [0.2, 0.25) is 0 Å². The predicted octanol–water partition coefficient (Wildman–Crippen LogP) is 1.39. The van der Waals surface area contributed by atoms with Crippen LogP contribution in [0.15, 0.2) is 35.5 Å². The Morgan fingerprint density at radius 2 is 1.81 bits per heavy atom. The van der Waals surface area contributed by atoms with E-state index in [0.29, 0.717) is 0 Å². The molecule has 0 N–H and O–H groups in total. The number of anilines is 1. The van der Waals surface area contributed by atoms with Crippen LogP contribution in [0.5, 0.6) is 0 Å². The highest BCUT2D eigenvalue weighted by Gasteiger charge is 2.32. The van der Waals surface area contributed by atoms with Crippen LogP contribution in [0.1, 0.15) is 5.56 Å². The zero-order valence-electron chi connectivity index (χ0n) is 12.2. The number of para-hydroxylation sites is 1. The normalized spacial score (nSPS) is 14.9. The fourth-order valence-electron chi connectivity index (χ4n) is 2.20. The summed E-state index contributed by atoms with van der Waals surface area (Å²) in [6, 6.07) is 7.51. The summed E-state index contributed by atoms with van der Waals surface area (Å²) in [6.45, 7) is 2.09. The van der Waals surface area contributed by atoms with Crippen molar-refractivity contribution in [1.29, 1.82) is 0 Å². The molecule has 1 aliphatic rings. The predicted molar refractivity (Wildman–Crippen MR) is 75.5 cm³/mol. The van der Waals surface area contributed by atoms with Gasteiger partial charge in [-0.1, -0.05) is 18.2 Å². The molecule has 6 nitrogen and oxygen atoms in total. The van der Waals surface area contributed by atoms with Gasteiger partial charge < -0.3 is 19.1 Å². The van der Waals surface area contributed by atoms with E-state index in [1.165, 1.54) is 14.2 Å². The number of carbonyl (C=O) groups excluding carboxylic acids is 2. The van der Waals surface area contributed by atoms with E-state index in [1.807, 2.05) is 31.2 Å². The molecule has 1 aromatic rings. The quantitative estimate of drug-likeness (QED) is 0.784. The topological polar surface area (TPSA) is 65.1 Å². The van der Waals surface area contributed by atoms with Crippen molar-refractivity contribution >= 4 is 17.6 Å². The zero-order chi connectivity index (χ0) is 15.4. The summed E-state index contributed by atoms with van der Waals surface area (Å²) in [7, 11) is 2.53. The maximum absolute atomic E-state index is 12.1. The maximum Gasteiger partial charge on any atom is 0.355 e. The highest BCUT2D eigenvalue weighted by molar-refractivity contribution is 6.03. The SMILES string of the molecule is COC(=O)C1=C(C(=O)OC)N(c2ccccc2C)COC1. The Bertz CT molecular complexity index is 593. The molecule has 1 aromatic carbocycles. The van der Waals surface area contributed by atoms with Crippen LogP contribution in [0.25, 0.3) is 0 Å². The Morgan fingerprint density at radius 3 is 2.43 bits per heavy atom. The second-order valence-corrected chi connectivity index (χ2v) is 4.50. The molecule has 0 fully saturated rings. The smallest absolute Gasteiger partial charge is 0.355 e. The fraction of sp³-hybridized carbons (Fsp3) is 0.333. The van der Waals surface area contributed by atoms with Gasteiger partial charge in [-0.2, -0.15) is 0 Å². The zero-order valence-corrected chi connectivity index (χ0v) is 12.2. The monoisotopic (exact) mass is 291 g/mol. The molecule has 1 heterocycles. The Hall–Kier alpha value is -2.34. The third-order valence-corrected chi connectivity index (χ3v) is 3.24. The van der Waals surface area contributed by atoms with Crippen LogP contribution in [0.2, 0.25) is 0 Å². The number of hydrogen-bond donors (Lipinski definition) is 0. The molecule has 112 valence electrons. The lowest BCUT2D eigenvalue weighted by atomic mass is 10.1. The van der Waals surface area contributed by atoms with Gasteiger partial charge in [-0.15, -0.1) is 0 Å². The first-order valence-electron chi connectivity index (χ1n) is 6.40. The van der Waals surface area contributed by atoms with E-state index in [1.54, 1.807) is 4.90 Å². The lowest BCUT2D eigenvalue weighted by molar-refractivity contribution is -0.140. The minimum absolute atomic E-state index is 0.0134. The minimum atomic E-state index is -0.603. The Balaban J connectivity index is 2.56. The summed E-state index contributed by atoms with van der Waals surface area (Å²) in [5.74, 6) is -1.20. The maximum atomic E-state index is 12.1. The van der Waals surface area contributed by atoms with Crippen LogP contribution >= 0.6 is 0 Å². The van der Waals surface area contributed by atoms with Crippen LogP contribution in [0.4, 0.5) is 5.69 Å². The molecule has 0 saturated heterocycles. The van der Waals surface area contributed by atoms with E-state index < -0.39 is 11.9 Å². The van der Waals surface area contributed by atoms with E-state index in [0.717, 1.165) is 11.3 Å². The van der Waals surface area contributed by atoms with Gasteiger partial charge in [-0.05, 0) is 18.6 Å². The lowest BCUT2D eigenvalue weighted by Crippen LogP contribution is -2.39. The molecule has 6 heteroatoms. The number of benzene rings is 1. The molecule has 21 heavy (non-hydrogen) atoms. The van der Waals surface area contributed by atoms with Gasteiger partial charge in [0.1, 0.15) is 12.4 Å². The molecule has 0 unspecified atom stereocenters. The molecule has 0 amide bonds. The van der Waals surface area contributed by atoms with E-state index in [2.05, 4.69) is 0 Å². The average molecular weight is 291 g/mol. The second kappa shape index (κ2) is 6.41. The van der Waals surface area contributed by atoms with Gasteiger partial charge in [0.05, 0.1) is 26.4 Å². The van der Waals surface area contributed by atoms with Gasteiger partial charge >= 0.3 is 11.9 Å². The highest BCUT2D eigenvalue weighted by atomic mass is 16.5. The third-order valence-electron chi connectivity index (χ3n) is 3.24. The summed E-state index contributed by atoms with van der Waals surface area (Å²) in [4.78, 5) is 25.6. The molecule has 0 saturated carbocycles. The van der Waals surface area contributed by atoms with Crippen LogP contribution in [0, 0.1) is 6.92 Å². The molecule has 0 radical (unpaired) electrons. The summed E-state index contributed by atoms with van der Waals surface area (Å²) in [6.07, 6.45) is 0. The van der Waals surface area contributed by atoms with E-state index in [-0.39, 0.29) is 24.6 Å². The van der Waals surface area contributed by atoms with E-state index >= 15 is 0 Å². The van der Waals surface area contributed by atoms with E-state index in [9.17, 15) is 9.59 Å². The number of rotatable bonds is 3. The summed E-state index contributed by atoms with van der Waals surface area (Å²) < 4.78 is 14.9. The minimum Gasteiger partial charge on any atom is -0.466 e. The summed E-state index contributed by atoms with van der Waals surface area (Å²) >= 11 is 0. The van der Waals surface area contributed by atoms with Crippen LogP contribution in [-0.2, 0) is 23.8 Å². The first-order valence-corrected chi connectivity index (χ1v) is 6.40. The Kier molecular flexibility index (Phi) is 4.59. The first-order chi connectivity index (χ1) is 10.1. The lowest BCUT2D eigenvalue weighted by Gasteiger charge is -2.32. The molecule has 0 aromatic heterocycles. The van der Waals surface area contributed by atoms with Gasteiger partial charge in [0.25, 0.3) is 0 Å². The van der Waals surface area contributed by atoms with Gasteiger partial charge in [-0.3, -0.25) is 0 Å². The molecule has 2 rings (SSSR count). The number of carbonyl (C=O) groups is 2. The van der Waals surface area contributed by atoms with Crippen molar-refractivity contribution < 1.29 is 23.8 Å². The van der Waals surface area contributed by atoms with Crippen molar-refractivity contribution in [3.63, 3.8) is 0 Å². The fourth-order valence-corrected chi connectivity index (χ4v) is 2.20. The van der Waals surface area contributed by atoms with Gasteiger partial charge in [-0.25, -0.2) is 9.59 Å². The summed E-state index contributed by atoms with van der Waals surface area (Å²) in [5.41, 5.74) is 2.04. The summed E-state index contributed by atoms with van der Waals surface area (Å²) in [5, 5.41) is 0. The first kappa shape index (κ1) is 15.1. The number of nitrogens with zero attached hydrogens (tertiary/aromatic N) is 1. The molecule has 0 bridgehead atoms. The van der Waals surface area contributed by atoms with E-state index in [4.69, 9.17) is 14.2 Å². The van der Waals surface area contributed by atoms with Crippen molar-refractivity contribution in [2.45, 2.75) is 6.92 Å². The molecular weight excluding hydrogens is 274 g/mol. The van der Waals surface area contributed by atoms with Gasteiger partial charge in [0.15, 0.2) is 0 Å². The number of aryl methyl sites for hydroxylation is 1. The van der Waals surface area contributed by atoms with Crippen molar-refractivity contribution in [2.24, 2.45) is 0 Å². The molecule has 0 aliphatic carbocycles.